The fourth-order valence-electron chi connectivity index (χ4n) is 0.620. The monoisotopic (exact) mass is 157 g/mol. The Morgan fingerprint density at radius 1 is 1.27 bits per heavy atom. The largest absolute Gasteiger partial charge is 0.306 e. The zero-order valence-corrected chi connectivity index (χ0v) is 8.72. The van der Waals surface area contributed by atoms with Gasteiger partial charge in [-0.1, -0.05) is 32.9 Å². The van der Waals surface area contributed by atoms with Gasteiger partial charge in [0.15, 0.2) is 0 Å². The van der Waals surface area contributed by atoms with Crippen LogP contribution in [0.25, 0.3) is 0 Å². The third-order valence-electron chi connectivity index (χ3n) is 1.45. The number of hydrogen-bond donors (Lipinski definition) is 0. The maximum atomic E-state index is 2.31. The molecule has 0 amide bonds. The van der Waals surface area contributed by atoms with Gasteiger partial charge in [-0.2, -0.15) is 0 Å². The molecular formula is C10H23N. The first-order valence-corrected chi connectivity index (χ1v) is 4.61. The van der Waals surface area contributed by atoms with Gasteiger partial charge in [-0.05, 0) is 26.9 Å². The van der Waals surface area contributed by atoms with E-state index in [1.165, 1.54) is 13.0 Å². The highest BCUT2D eigenvalue weighted by atomic mass is 15.1. The minimum atomic E-state index is 1.15. The summed E-state index contributed by atoms with van der Waals surface area (Å²) in [6.07, 6.45) is 5.48. The second-order valence-corrected chi connectivity index (χ2v) is 2.25. The summed E-state index contributed by atoms with van der Waals surface area (Å²) in [5, 5.41) is 0. The maximum absolute atomic E-state index is 2.31. The van der Waals surface area contributed by atoms with Crippen molar-refractivity contribution in [1.82, 2.24) is 4.90 Å². The molecule has 0 aromatic rings. The van der Waals surface area contributed by atoms with E-state index in [-0.39, 0.29) is 0 Å². The molecule has 0 fully saturated rings. The third-order valence-corrected chi connectivity index (χ3v) is 1.45. The van der Waals surface area contributed by atoms with E-state index in [9.17, 15) is 0 Å². The molecule has 0 atom stereocenters. The highest BCUT2D eigenvalue weighted by Gasteiger charge is 1.88. The van der Waals surface area contributed by atoms with Crippen molar-refractivity contribution >= 4 is 0 Å². The van der Waals surface area contributed by atoms with E-state index in [1.807, 2.05) is 13.8 Å². The summed E-state index contributed by atoms with van der Waals surface area (Å²) >= 11 is 0. The van der Waals surface area contributed by atoms with Crippen molar-refractivity contribution < 1.29 is 0 Å². The molecule has 0 aliphatic carbocycles. The van der Waals surface area contributed by atoms with Gasteiger partial charge in [-0.25, -0.2) is 0 Å². The molecule has 0 N–H and O–H groups in total. The number of rotatable bonds is 4. The Bertz CT molecular complexity index is 76.9. The number of nitrogens with zero attached hydrogens (tertiary/aromatic N) is 1. The molecule has 68 valence electrons. The van der Waals surface area contributed by atoms with Crippen LogP contribution in [0, 0.1) is 0 Å². The maximum Gasteiger partial charge on any atom is 0.00127 e. The molecule has 0 spiro atoms. The Hall–Kier alpha value is -0.300. The van der Waals surface area contributed by atoms with Gasteiger partial charge in [0, 0.05) is 6.54 Å². The predicted molar refractivity (Wildman–Crippen MR) is 54.0 cm³/mol. The van der Waals surface area contributed by atoms with Crippen LogP contribution in [0.2, 0.25) is 0 Å². The Morgan fingerprint density at radius 3 is 2.18 bits per heavy atom. The highest BCUT2D eigenvalue weighted by Crippen LogP contribution is 1.87. The van der Waals surface area contributed by atoms with Gasteiger partial charge in [0.1, 0.15) is 0 Å². The Balaban J connectivity index is 0. The lowest BCUT2D eigenvalue weighted by atomic mass is 10.3. The molecule has 0 rings (SSSR count). The zero-order chi connectivity index (χ0) is 9.11. The van der Waals surface area contributed by atoms with Gasteiger partial charge in [0.2, 0.25) is 0 Å². The van der Waals surface area contributed by atoms with Crippen LogP contribution in [0.3, 0.4) is 0 Å². The van der Waals surface area contributed by atoms with Crippen LogP contribution in [0.15, 0.2) is 12.2 Å². The normalized spacial score (nSPS) is 10.0. The lowest BCUT2D eigenvalue weighted by molar-refractivity contribution is 0.360. The molecule has 0 unspecified atom stereocenters. The van der Waals surface area contributed by atoms with Crippen LogP contribution in [0.5, 0.6) is 0 Å². The van der Waals surface area contributed by atoms with E-state index < -0.39 is 0 Å². The van der Waals surface area contributed by atoms with E-state index in [1.54, 1.807) is 0 Å². The molecule has 0 bridgehead atoms. The highest BCUT2D eigenvalue weighted by molar-refractivity contribution is 4.77. The second kappa shape index (κ2) is 12.4. The fourth-order valence-corrected chi connectivity index (χ4v) is 0.620. The molecule has 0 aromatic carbocycles. The summed E-state index contributed by atoms with van der Waals surface area (Å²) in [5.41, 5.74) is 0. The lowest BCUT2D eigenvalue weighted by Gasteiger charge is -2.10. The zero-order valence-electron chi connectivity index (χ0n) is 8.72. The summed E-state index contributed by atoms with van der Waals surface area (Å²) in [6.45, 7) is 10.6. The van der Waals surface area contributed by atoms with Crippen molar-refractivity contribution in [3.63, 3.8) is 0 Å². The quantitative estimate of drug-likeness (QED) is 0.567. The summed E-state index contributed by atoms with van der Waals surface area (Å²) in [7, 11) is 2.14. The van der Waals surface area contributed by atoms with Crippen LogP contribution in [0.1, 0.15) is 34.1 Å². The second-order valence-electron chi connectivity index (χ2n) is 2.25. The molecule has 1 heteroatoms. The van der Waals surface area contributed by atoms with E-state index in [0.717, 1.165) is 6.54 Å². The lowest BCUT2D eigenvalue weighted by Crippen LogP contribution is -2.17. The van der Waals surface area contributed by atoms with Crippen molar-refractivity contribution in [2.24, 2.45) is 0 Å². The molecular weight excluding hydrogens is 134 g/mol. The van der Waals surface area contributed by atoms with Gasteiger partial charge in [-0.3, -0.25) is 0 Å². The van der Waals surface area contributed by atoms with Crippen molar-refractivity contribution in [2.75, 3.05) is 20.1 Å². The molecule has 0 saturated carbocycles. The first-order chi connectivity index (χ1) is 5.31. The van der Waals surface area contributed by atoms with Gasteiger partial charge in [-0.15, -0.1) is 0 Å². The minimum absolute atomic E-state index is 1.15. The SMILES string of the molecule is C/C=C\CCN(C)CC.CC. The van der Waals surface area contributed by atoms with Crippen molar-refractivity contribution in [1.29, 1.82) is 0 Å². The summed E-state index contributed by atoms with van der Waals surface area (Å²) < 4.78 is 0. The molecule has 0 aliphatic heterocycles. The third kappa shape index (κ3) is 12.8. The molecule has 1 nitrogen and oxygen atoms in total. The fraction of sp³-hybridized carbons (Fsp3) is 0.800. The summed E-state index contributed by atoms with van der Waals surface area (Å²) in [5.74, 6) is 0. The van der Waals surface area contributed by atoms with Gasteiger partial charge < -0.3 is 4.90 Å². The first kappa shape index (κ1) is 13.3. The number of allylic oxidation sites excluding steroid dienone is 1. The van der Waals surface area contributed by atoms with Crippen LogP contribution in [-0.2, 0) is 0 Å². The Kier molecular flexibility index (Phi) is 15.0. The van der Waals surface area contributed by atoms with Crippen molar-refractivity contribution in [2.45, 2.75) is 34.1 Å². The topological polar surface area (TPSA) is 3.24 Å². The number of hydrogen-bond acceptors (Lipinski definition) is 1. The Morgan fingerprint density at radius 2 is 1.82 bits per heavy atom. The molecule has 0 saturated heterocycles. The van der Waals surface area contributed by atoms with E-state index in [2.05, 4.69) is 37.9 Å². The van der Waals surface area contributed by atoms with E-state index >= 15 is 0 Å². The average Bonchev–Trinajstić information content (AvgIpc) is 2.08. The van der Waals surface area contributed by atoms with Crippen molar-refractivity contribution in [3.05, 3.63) is 12.2 Å². The minimum Gasteiger partial charge on any atom is -0.306 e. The van der Waals surface area contributed by atoms with Crippen LogP contribution in [-0.4, -0.2) is 25.0 Å². The van der Waals surface area contributed by atoms with Crippen molar-refractivity contribution in [3.8, 4) is 0 Å². The smallest absolute Gasteiger partial charge is 0.00127 e. The van der Waals surface area contributed by atoms with Gasteiger partial charge in [0.25, 0.3) is 0 Å². The van der Waals surface area contributed by atoms with Crippen LogP contribution in [0.4, 0.5) is 0 Å². The molecule has 0 aromatic heterocycles. The predicted octanol–water partition coefficient (Wildman–Crippen LogP) is 2.93. The van der Waals surface area contributed by atoms with Gasteiger partial charge >= 0.3 is 0 Å². The summed E-state index contributed by atoms with van der Waals surface area (Å²) in [6, 6.07) is 0. The average molecular weight is 157 g/mol. The van der Waals surface area contributed by atoms with Gasteiger partial charge in [0.05, 0.1) is 0 Å². The standard InChI is InChI=1S/C8H17N.C2H6/c1-4-6-7-8-9(3)5-2;1-2/h4,6H,5,7-8H2,1-3H3;1-2H3/b6-4-;. The Labute approximate surface area is 72.1 Å². The van der Waals surface area contributed by atoms with Crippen LogP contribution >= 0.6 is 0 Å². The molecule has 11 heavy (non-hydrogen) atoms. The summed E-state index contributed by atoms with van der Waals surface area (Å²) in [4.78, 5) is 2.31. The molecule has 0 aliphatic rings. The van der Waals surface area contributed by atoms with E-state index in [4.69, 9.17) is 0 Å². The first-order valence-electron chi connectivity index (χ1n) is 4.61. The van der Waals surface area contributed by atoms with Crippen LogP contribution < -0.4 is 0 Å². The molecule has 0 heterocycles. The van der Waals surface area contributed by atoms with E-state index in [0.29, 0.717) is 0 Å². The molecule has 0 radical (unpaired) electrons.